The topological polar surface area (TPSA) is 47.3 Å². The molecule has 96 valence electrons. The lowest BCUT2D eigenvalue weighted by Crippen LogP contribution is -2.45. The molecule has 0 radical (unpaired) electrons. The number of ether oxygens (including phenoxy) is 1. The minimum atomic E-state index is -0.305. The zero-order chi connectivity index (χ0) is 13.2. The molecule has 1 unspecified atom stereocenters. The Morgan fingerprint density at radius 3 is 2.24 bits per heavy atom. The van der Waals surface area contributed by atoms with Gasteiger partial charge in [-0.15, -0.1) is 0 Å². The fourth-order valence-corrected chi connectivity index (χ4v) is 2.27. The van der Waals surface area contributed by atoms with Gasteiger partial charge in [0.05, 0.1) is 7.11 Å². The van der Waals surface area contributed by atoms with Crippen molar-refractivity contribution in [1.82, 2.24) is 5.32 Å². The van der Waals surface area contributed by atoms with E-state index in [1.807, 2.05) is 20.9 Å². The van der Waals surface area contributed by atoms with Gasteiger partial charge in [0.1, 0.15) is 5.75 Å². The molecule has 0 heterocycles. The van der Waals surface area contributed by atoms with Crippen LogP contribution in [-0.4, -0.2) is 19.7 Å². The highest BCUT2D eigenvalue weighted by molar-refractivity contribution is 5.43. The van der Waals surface area contributed by atoms with E-state index < -0.39 is 0 Å². The molecule has 0 bridgehead atoms. The van der Waals surface area contributed by atoms with E-state index in [1.165, 1.54) is 11.1 Å². The molecular formula is C14H24N2O. The summed E-state index contributed by atoms with van der Waals surface area (Å²) in [5.74, 6) is 0.927. The van der Waals surface area contributed by atoms with Crippen molar-refractivity contribution in [1.29, 1.82) is 0 Å². The maximum Gasteiger partial charge on any atom is 0.122 e. The van der Waals surface area contributed by atoms with E-state index in [9.17, 15) is 0 Å². The Morgan fingerprint density at radius 2 is 1.82 bits per heavy atom. The highest BCUT2D eigenvalue weighted by atomic mass is 16.5. The lowest BCUT2D eigenvalue weighted by molar-refractivity contribution is 0.367. The lowest BCUT2D eigenvalue weighted by Gasteiger charge is -2.32. The summed E-state index contributed by atoms with van der Waals surface area (Å²) in [7, 11) is 3.64. The first kappa shape index (κ1) is 14.0. The standard InChI is InChI=1S/C14H24N2O/c1-9-8-12(17-6)10(2)7-11(9)13(16-5)14(3,4)15/h7-8,13,16H,15H2,1-6H3. The molecule has 3 N–H and O–H groups in total. The average Bonchev–Trinajstić information content (AvgIpc) is 2.21. The van der Waals surface area contributed by atoms with Crippen molar-refractivity contribution in [3.63, 3.8) is 0 Å². The molecule has 0 fully saturated rings. The summed E-state index contributed by atoms with van der Waals surface area (Å²) in [5, 5.41) is 3.30. The predicted octanol–water partition coefficient (Wildman–Crippen LogP) is 2.31. The van der Waals surface area contributed by atoms with Crippen LogP contribution >= 0.6 is 0 Å². The molecule has 0 aromatic heterocycles. The molecule has 0 aliphatic rings. The Hall–Kier alpha value is -1.06. The van der Waals surface area contributed by atoms with E-state index in [1.54, 1.807) is 7.11 Å². The van der Waals surface area contributed by atoms with Crippen molar-refractivity contribution >= 4 is 0 Å². The van der Waals surface area contributed by atoms with Gasteiger partial charge in [0.2, 0.25) is 0 Å². The van der Waals surface area contributed by atoms with Gasteiger partial charge in [-0.1, -0.05) is 6.07 Å². The molecule has 1 rings (SSSR count). The van der Waals surface area contributed by atoms with Crippen molar-refractivity contribution in [2.75, 3.05) is 14.2 Å². The van der Waals surface area contributed by atoms with Crippen LogP contribution in [0.15, 0.2) is 12.1 Å². The molecule has 3 nitrogen and oxygen atoms in total. The number of methoxy groups -OCH3 is 1. The first-order chi connectivity index (χ1) is 7.81. The van der Waals surface area contributed by atoms with Crippen LogP contribution in [0.25, 0.3) is 0 Å². The highest BCUT2D eigenvalue weighted by Gasteiger charge is 2.26. The zero-order valence-corrected chi connectivity index (χ0v) is 11.7. The average molecular weight is 236 g/mol. The predicted molar refractivity (Wildman–Crippen MR) is 72.5 cm³/mol. The van der Waals surface area contributed by atoms with Crippen LogP contribution < -0.4 is 15.8 Å². The molecule has 0 saturated carbocycles. The fourth-order valence-electron chi connectivity index (χ4n) is 2.27. The molecule has 1 aromatic carbocycles. The molecule has 0 spiro atoms. The number of aryl methyl sites for hydroxylation is 2. The van der Waals surface area contributed by atoms with Gasteiger partial charge in [0.15, 0.2) is 0 Å². The summed E-state index contributed by atoms with van der Waals surface area (Å²) in [6.45, 7) is 8.21. The Balaban J connectivity index is 3.26. The van der Waals surface area contributed by atoms with E-state index in [0.717, 1.165) is 11.3 Å². The van der Waals surface area contributed by atoms with Gasteiger partial charge < -0.3 is 15.8 Å². The summed E-state index contributed by atoms with van der Waals surface area (Å²) in [5.41, 5.74) is 9.48. The van der Waals surface area contributed by atoms with E-state index >= 15 is 0 Å². The number of benzene rings is 1. The van der Waals surface area contributed by atoms with Gasteiger partial charge in [-0.3, -0.25) is 0 Å². The van der Waals surface area contributed by atoms with Crippen LogP contribution in [0.4, 0.5) is 0 Å². The largest absolute Gasteiger partial charge is 0.496 e. The van der Waals surface area contributed by atoms with Crippen LogP contribution in [0.1, 0.15) is 36.6 Å². The van der Waals surface area contributed by atoms with Gasteiger partial charge in [0.25, 0.3) is 0 Å². The monoisotopic (exact) mass is 236 g/mol. The normalized spacial score (nSPS) is 13.6. The summed E-state index contributed by atoms with van der Waals surface area (Å²) in [6.07, 6.45) is 0. The van der Waals surface area contributed by atoms with Crippen molar-refractivity contribution in [2.45, 2.75) is 39.3 Å². The Morgan fingerprint density at radius 1 is 1.24 bits per heavy atom. The highest BCUT2D eigenvalue weighted by Crippen LogP contribution is 2.30. The number of hydrogen-bond acceptors (Lipinski definition) is 3. The lowest BCUT2D eigenvalue weighted by atomic mass is 9.86. The molecule has 1 aromatic rings. The van der Waals surface area contributed by atoms with Crippen LogP contribution in [-0.2, 0) is 0 Å². The van der Waals surface area contributed by atoms with Crippen LogP contribution in [0.5, 0.6) is 5.75 Å². The second-order valence-electron chi connectivity index (χ2n) is 5.22. The molecule has 1 atom stereocenters. The minimum absolute atomic E-state index is 0.132. The summed E-state index contributed by atoms with van der Waals surface area (Å²) >= 11 is 0. The van der Waals surface area contributed by atoms with Crippen molar-refractivity contribution < 1.29 is 4.74 Å². The summed E-state index contributed by atoms with van der Waals surface area (Å²) < 4.78 is 5.33. The van der Waals surface area contributed by atoms with E-state index in [2.05, 4.69) is 31.3 Å². The molecular weight excluding hydrogens is 212 g/mol. The molecule has 0 saturated heterocycles. The van der Waals surface area contributed by atoms with E-state index in [0.29, 0.717) is 0 Å². The number of nitrogens with one attached hydrogen (secondary N) is 1. The SMILES string of the molecule is CNC(c1cc(C)c(OC)cc1C)C(C)(C)N. The summed E-state index contributed by atoms with van der Waals surface area (Å²) in [4.78, 5) is 0. The smallest absolute Gasteiger partial charge is 0.122 e. The van der Waals surface area contributed by atoms with Gasteiger partial charge in [-0.2, -0.15) is 0 Å². The first-order valence-corrected chi connectivity index (χ1v) is 5.92. The van der Waals surface area contributed by atoms with Gasteiger partial charge in [0, 0.05) is 11.6 Å². The third-order valence-corrected chi connectivity index (χ3v) is 3.13. The number of nitrogens with two attached hydrogens (primary N) is 1. The molecule has 3 heteroatoms. The van der Waals surface area contributed by atoms with Gasteiger partial charge in [-0.25, -0.2) is 0 Å². The molecule has 17 heavy (non-hydrogen) atoms. The number of rotatable bonds is 4. The van der Waals surface area contributed by atoms with Crippen molar-refractivity contribution in [3.8, 4) is 5.75 Å². The second-order valence-corrected chi connectivity index (χ2v) is 5.22. The molecule has 0 aliphatic heterocycles. The Bertz CT molecular complexity index is 394. The van der Waals surface area contributed by atoms with Gasteiger partial charge in [-0.05, 0) is 57.5 Å². The van der Waals surface area contributed by atoms with E-state index in [-0.39, 0.29) is 11.6 Å². The van der Waals surface area contributed by atoms with Crippen LogP contribution in [0.2, 0.25) is 0 Å². The fraction of sp³-hybridized carbons (Fsp3) is 0.571. The zero-order valence-electron chi connectivity index (χ0n) is 11.7. The summed E-state index contributed by atoms with van der Waals surface area (Å²) in [6, 6.07) is 4.36. The third-order valence-electron chi connectivity index (χ3n) is 3.13. The molecule has 0 aliphatic carbocycles. The van der Waals surface area contributed by atoms with Crippen molar-refractivity contribution in [3.05, 3.63) is 28.8 Å². The maximum absolute atomic E-state index is 6.22. The molecule has 0 amide bonds. The van der Waals surface area contributed by atoms with Crippen LogP contribution in [0.3, 0.4) is 0 Å². The third kappa shape index (κ3) is 2.99. The minimum Gasteiger partial charge on any atom is -0.496 e. The maximum atomic E-state index is 6.22. The second kappa shape index (κ2) is 5.07. The Labute approximate surface area is 104 Å². The van der Waals surface area contributed by atoms with Crippen molar-refractivity contribution in [2.24, 2.45) is 5.73 Å². The quantitative estimate of drug-likeness (QED) is 0.843. The first-order valence-electron chi connectivity index (χ1n) is 5.92. The Kier molecular flexibility index (Phi) is 4.17. The number of hydrogen-bond donors (Lipinski definition) is 2. The number of likely N-dealkylation sites (N-methyl/N-ethyl adjacent to an activating group) is 1. The van der Waals surface area contributed by atoms with Crippen LogP contribution in [0, 0.1) is 13.8 Å². The van der Waals surface area contributed by atoms with Gasteiger partial charge >= 0.3 is 0 Å². The van der Waals surface area contributed by atoms with E-state index in [4.69, 9.17) is 10.5 Å².